The first-order chi connectivity index (χ1) is 5.20. The Morgan fingerprint density at radius 3 is 2.64 bits per heavy atom. The van der Waals surface area contributed by atoms with Gasteiger partial charge in [0.1, 0.15) is 6.54 Å². The highest BCUT2D eigenvalue weighted by molar-refractivity contribution is 4.59. The van der Waals surface area contributed by atoms with Gasteiger partial charge >= 0.3 is 0 Å². The molecule has 0 rings (SSSR count). The van der Waals surface area contributed by atoms with E-state index in [-0.39, 0.29) is 6.54 Å². The first kappa shape index (κ1) is 10.0. The minimum absolute atomic E-state index is 0.379. The average Bonchev–Trinajstić information content (AvgIpc) is 1.97. The molecule has 0 aliphatic carbocycles. The molecule has 0 saturated carbocycles. The van der Waals surface area contributed by atoms with Gasteiger partial charge in [0.2, 0.25) is 6.41 Å². The molecular formula is C3H8N4O4. The van der Waals surface area contributed by atoms with Crippen molar-refractivity contribution in [2.75, 3.05) is 6.54 Å². The van der Waals surface area contributed by atoms with Crippen LogP contribution in [0.25, 0.3) is 0 Å². The smallest absolute Gasteiger partial charge is 0.229 e. The lowest BCUT2D eigenvalue weighted by Crippen LogP contribution is -2.37. The number of nitroso groups, excluding NO2 is 2. The van der Waals surface area contributed by atoms with E-state index in [1.165, 1.54) is 0 Å². The van der Waals surface area contributed by atoms with Gasteiger partial charge in [0.15, 0.2) is 6.17 Å². The number of hydrogen-bond donors (Lipinski definition) is 3. The first-order valence-corrected chi connectivity index (χ1v) is 2.67. The van der Waals surface area contributed by atoms with E-state index in [1.54, 1.807) is 0 Å². The molecule has 0 spiro atoms. The maximum atomic E-state index is 9.79. The molecule has 0 radical (unpaired) electrons. The third-order valence-electron chi connectivity index (χ3n) is 0.700. The topological polar surface area (TPSA) is 126 Å². The number of aliphatic hydroxyl groups excluding tert-OH is 1. The normalized spacial score (nSPS) is 15.5. The zero-order valence-electron chi connectivity index (χ0n) is 5.51. The summed E-state index contributed by atoms with van der Waals surface area (Å²) in [5.41, 5.74) is 6.63. The van der Waals surface area contributed by atoms with Crippen LogP contribution in [0.15, 0.2) is 10.4 Å². The maximum absolute atomic E-state index is 9.79. The van der Waals surface area contributed by atoms with Crippen molar-refractivity contribution in [3.63, 3.8) is 0 Å². The molecule has 0 amide bonds. The fourth-order valence-corrected chi connectivity index (χ4v) is 0.311. The van der Waals surface area contributed by atoms with Gasteiger partial charge in [-0.2, -0.15) is 10.4 Å². The predicted molar refractivity (Wildman–Crippen MR) is 34.7 cm³/mol. The van der Waals surface area contributed by atoms with Crippen LogP contribution in [0.1, 0.15) is 0 Å². The van der Waals surface area contributed by atoms with Crippen LogP contribution in [0.4, 0.5) is 0 Å². The fourth-order valence-electron chi connectivity index (χ4n) is 0.311. The van der Waals surface area contributed by atoms with Crippen LogP contribution >= 0.6 is 0 Å². The molecule has 0 aromatic carbocycles. The van der Waals surface area contributed by atoms with Crippen LogP contribution in [-0.4, -0.2) is 24.2 Å². The van der Waals surface area contributed by atoms with Gasteiger partial charge in [0.05, 0.1) is 0 Å². The Kier molecular flexibility index (Phi) is 5.29. The Morgan fingerprint density at radius 1 is 1.64 bits per heavy atom. The zero-order chi connectivity index (χ0) is 8.69. The molecule has 0 saturated heterocycles. The number of nitrogens with two attached hydrogens (primary N) is 1. The summed E-state index contributed by atoms with van der Waals surface area (Å²) >= 11 is 0. The van der Waals surface area contributed by atoms with Gasteiger partial charge in [-0.25, -0.2) is 0 Å². The third kappa shape index (κ3) is 5.48. The van der Waals surface area contributed by atoms with Gasteiger partial charge in [0, 0.05) is 0 Å². The SMILES string of the molecule is N[C@@H](O)ON[C@H](CN=O)N=O. The lowest BCUT2D eigenvalue weighted by Gasteiger charge is -2.09. The Hall–Kier alpha value is -0.960. The van der Waals surface area contributed by atoms with E-state index < -0.39 is 12.6 Å². The molecule has 0 aromatic rings. The number of hydroxylamine groups is 1. The number of nitrogens with one attached hydrogen (secondary N) is 1. The summed E-state index contributed by atoms with van der Waals surface area (Å²) in [6.07, 6.45) is -2.68. The summed E-state index contributed by atoms with van der Waals surface area (Å²) in [5.74, 6) is 0. The van der Waals surface area contributed by atoms with Crippen molar-refractivity contribution < 1.29 is 9.94 Å². The molecule has 4 N–H and O–H groups in total. The summed E-state index contributed by atoms with van der Waals surface area (Å²) in [4.78, 5) is 23.5. The van der Waals surface area contributed by atoms with Gasteiger partial charge < -0.3 is 5.11 Å². The highest BCUT2D eigenvalue weighted by Crippen LogP contribution is 1.86. The van der Waals surface area contributed by atoms with Crippen LogP contribution in [0.5, 0.6) is 0 Å². The van der Waals surface area contributed by atoms with Gasteiger partial charge in [-0.15, -0.1) is 4.91 Å². The van der Waals surface area contributed by atoms with Crippen molar-refractivity contribution in [1.82, 2.24) is 5.48 Å². The molecule has 0 heterocycles. The van der Waals surface area contributed by atoms with Crippen molar-refractivity contribution in [1.29, 1.82) is 0 Å². The van der Waals surface area contributed by atoms with Gasteiger partial charge in [-0.05, 0) is 5.18 Å². The summed E-state index contributed by atoms with van der Waals surface area (Å²) in [6, 6.07) is 0. The van der Waals surface area contributed by atoms with Crippen LogP contribution in [0.2, 0.25) is 0 Å². The Balaban J connectivity index is 3.51. The molecule has 0 aliphatic rings. The van der Waals surface area contributed by atoms with E-state index in [0.29, 0.717) is 0 Å². The number of nitrogens with zero attached hydrogens (tertiary/aromatic N) is 2. The standard InChI is InChI=1S/C3H8N4O4/c4-3(8)11-7-2(6-10)1-5-9/h2-3,7-8H,1,4H2/t2-,3+/m1/s1. The number of aliphatic hydroxyl groups is 1. The summed E-state index contributed by atoms with van der Waals surface area (Å²) in [6.45, 7) is -0.379. The van der Waals surface area contributed by atoms with E-state index in [0.717, 1.165) is 0 Å². The van der Waals surface area contributed by atoms with E-state index >= 15 is 0 Å². The summed E-state index contributed by atoms with van der Waals surface area (Å²) in [5, 5.41) is 13.1. The number of rotatable bonds is 6. The average molecular weight is 164 g/mol. The molecule has 0 unspecified atom stereocenters. The van der Waals surface area contributed by atoms with Crippen molar-refractivity contribution in [2.24, 2.45) is 16.1 Å². The zero-order valence-corrected chi connectivity index (χ0v) is 5.51. The van der Waals surface area contributed by atoms with Gasteiger partial charge in [-0.3, -0.25) is 10.6 Å². The Morgan fingerprint density at radius 2 is 2.27 bits per heavy atom. The molecular weight excluding hydrogens is 156 g/mol. The largest absolute Gasteiger partial charge is 0.355 e. The Labute approximate surface area is 61.6 Å². The second-order valence-corrected chi connectivity index (χ2v) is 1.56. The minimum Gasteiger partial charge on any atom is -0.355 e. The molecule has 0 fully saturated rings. The molecule has 64 valence electrons. The molecule has 8 heteroatoms. The van der Waals surface area contributed by atoms with Gasteiger partial charge in [-0.1, -0.05) is 5.18 Å². The van der Waals surface area contributed by atoms with E-state index in [9.17, 15) is 9.81 Å². The highest BCUT2D eigenvalue weighted by atomic mass is 16.7. The van der Waals surface area contributed by atoms with Crippen LogP contribution in [0.3, 0.4) is 0 Å². The van der Waals surface area contributed by atoms with Crippen LogP contribution in [-0.2, 0) is 4.84 Å². The van der Waals surface area contributed by atoms with Crippen molar-refractivity contribution >= 4 is 0 Å². The lowest BCUT2D eigenvalue weighted by molar-refractivity contribution is -0.150. The van der Waals surface area contributed by atoms with E-state index in [2.05, 4.69) is 15.2 Å². The minimum atomic E-state index is -1.56. The van der Waals surface area contributed by atoms with E-state index in [1.807, 2.05) is 5.48 Å². The van der Waals surface area contributed by atoms with Crippen molar-refractivity contribution in [2.45, 2.75) is 12.6 Å². The summed E-state index contributed by atoms with van der Waals surface area (Å²) < 4.78 is 0. The first-order valence-electron chi connectivity index (χ1n) is 2.67. The molecule has 0 aliphatic heterocycles. The second kappa shape index (κ2) is 5.80. The lowest BCUT2D eigenvalue weighted by atomic mass is 10.5. The van der Waals surface area contributed by atoms with Crippen LogP contribution in [0, 0.1) is 9.81 Å². The van der Waals surface area contributed by atoms with Gasteiger partial charge in [0.25, 0.3) is 0 Å². The molecule has 8 nitrogen and oxygen atoms in total. The molecule has 2 atom stereocenters. The predicted octanol–water partition coefficient (Wildman–Crippen LogP) is -1.40. The van der Waals surface area contributed by atoms with Crippen molar-refractivity contribution in [3.05, 3.63) is 9.81 Å². The molecule has 0 bridgehead atoms. The monoisotopic (exact) mass is 164 g/mol. The second-order valence-electron chi connectivity index (χ2n) is 1.56. The summed E-state index contributed by atoms with van der Waals surface area (Å²) in [7, 11) is 0. The molecule has 11 heavy (non-hydrogen) atoms. The van der Waals surface area contributed by atoms with E-state index in [4.69, 9.17) is 10.8 Å². The fraction of sp³-hybridized carbons (Fsp3) is 1.00. The highest BCUT2D eigenvalue weighted by Gasteiger charge is 2.08. The number of hydrogen-bond acceptors (Lipinski definition) is 8. The third-order valence-corrected chi connectivity index (χ3v) is 0.700. The maximum Gasteiger partial charge on any atom is 0.229 e. The quantitative estimate of drug-likeness (QED) is 0.252. The van der Waals surface area contributed by atoms with Crippen molar-refractivity contribution in [3.8, 4) is 0 Å². The van der Waals surface area contributed by atoms with Crippen LogP contribution < -0.4 is 11.2 Å². The molecule has 0 aromatic heterocycles. The Bertz CT molecular complexity index is 129.